The Balaban J connectivity index is 1.22. The van der Waals surface area contributed by atoms with Crippen LogP contribution < -0.4 is 54.0 Å². The molecule has 0 radical (unpaired) electrons. The van der Waals surface area contributed by atoms with Gasteiger partial charge in [0.25, 0.3) is 5.91 Å². The number of amides is 10. The molecule has 7 atom stereocenters. The topological polar surface area (TPSA) is 373 Å². The highest BCUT2D eigenvalue weighted by Crippen LogP contribution is 2.34. The van der Waals surface area contributed by atoms with Crippen LogP contribution in [0.5, 0.6) is 0 Å². The number of aromatic nitrogens is 3. The summed E-state index contributed by atoms with van der Waals surface area (Å²) in [4.78, 5) is 135. The van der Waals surface area contributed by atoms with Gasteiger partial charge in [-0.2, -0.15) is 25.3 Å². The fraction of sp³-hybridized carbons (Fsp3) is 0.449. The molecule has 1 spiro atoms. The molecule has 1 saturated heterocycles. The normalized spacial score (nSPS) is 16.8. The largest absolute Gasteiger partial charge is 0.370 e. The number of guanidine groups is 1. The maximum atomic E-state index is 14.6. The number of urea groups is 1. The number of aromatic amines is 2. The first-order chi connectivity index (χ1) is 35.9. The van der Waals surface area contributed by atoms with Crippen molar-refractivity contribution in [2.45, 2.75) is 119 Å². The third-order valence-electron chi connectivity index (χ3n) is 13.2. The molecule has 75 heavy (non-hydrogen) atoms. The van der Waals surface area contributed by atoms with Crippen LogP contribution >= 0.6 is 25.3 Å². The molecule has 15 N–H and O–H groups in total. The summed E-state index contributed by atoms with van der Waals surface area (Å²) < 4.78 is 0. The summed E-state index contributed by atoms with van der Waals surface area (Å²) >= 11 is 8.43. The van der Waals surface area contributed by atoms with E-state index in [0.717, 1.165) is 35.1 Å². The summed E-state index contributed by atoms with van der Waals surface area (Å²) in [6.45, 7) is 1.48. The Bertz CT molecular complexity index is 2700. The molecule has 1 saturated carbocycles. The maximum Gasteiger partial charge on any atom is 0.325 e. The number of carbonyl (C=O) groups excluding carboxylic acids is 9. The van der Waals surface area contributed by atoms with Crippen molar-refractivity contribution < 1.29 is 43.2 Å². The molecule has 2 aromatic carbocycles. The molecule has 26 heteroatoms. The zero-order valence-corrected chi connectivity index (χ0v) is 43.1. The van der Waals surface area contributed by atoms with Crippen molar-refractivity contribution in [1.29, 1.82) is 5.41 Å². The number of thiol groups is 2. The minimum absolute atomic E-state index is 0.0561. The van der Waals surface area contributed by atoms with Gasteiger partial charge in [0.2, 0.25) is 41.4 Å². The second-order valence-electron chi connectivity index (χ2n) is 18.6. The number of rotatable bonds is 26. The second kappa shape index (κ2) is 26.6. The Morgan fingerprint density at radius 2 is 1.32 bits per heavy atom. The van der Waals surface area contributed by atoms with Crippen LogP contribution in [0.25, 0.3) is 10.9 Å². The lowest BCUT2D eigenvalue weighted by atomic mass is 9.81. The first-order valence-electron chi connectivity index (χ1n) is 24.6. The molecule has 0 bridgehead atoms. The van der Waals surface area contributed by atoms with Crippen molar-refractivity contribution in [2.24, 2.45) is 11.5 Å². The lowest BCUT2D eigenvalue weighted by Gasteiger charge is -2.31. The number of benzene rings is 2. The zero-order valence-electron chi connectivity index (χ0n) is 41.3. The van der Waals surface area contributed by atoms with Gasteiger partial charge in [0.15, 0.2) is 5.96 Å². The van der Waals surface area contributed by atoms with Crippen molar-refractivity contribution in [2.75, 3.05) is 18.1 Å². The van der Waals surface area contributed by atoms with Crippen molar-refractivity contribution in [3.63, 3.8) is 0 Å². The predicted octanol–water partition coefficient (Wildman–Crippen LogP) is -0.921. The van der Waals surface area contributed by atoms with Gasteiger partial charge in [0.05, 0.1) is 6.33 Å². The number of para-hydroxylation sites is 1. The van der Waals surface area contributed by atoms with Crippen LogP contribution in [0.15, 0.2) is 73.3 Å². The fourth-order valence-electron chi connectivity index (χ4n) is 9.08. The van der Waals surface area contributed by atoms with E-state index in [1.807, 2.05) is 24.3 Å². The Morgan fingerprint density at radius 1 is 0.720 bits per heavy atom. The van der Waals surface area contributed by atoms with E-state index in [-0.39, 0.29) is 56.1 Å². The summed E-state index contributed by atoms with van der Waals surface area (Å²) in [6.07, 6.45) is 7.52. The summed E-state index contributed by atoms with van der Waals surface area (Å²) in [5.74, 6) is -6.96. The number of hydrogen-bond acceptors (Lipinski definition) is 13. The number of imide groups is 1. The molecule has 2 aliphatic rings. The SMILES string of the molecule is C[C@@H](NC(=O)[C@H](CS)N1C(=O)NC2(CCCCC2)C1=O)C(=O)N[C@@H](Cc1cnc[nH]1)C(=O)N[C@H](Cc1ccccc1)C(=O)N[C@@H](CCCNC(=N)N)C(=O)N[C@@H](Cc1c[nH]c2ccccc12)C(=O)N[C@@H](CS)C(N)=O. The number of carbonyl (C=O) groups is 9. The maximum absolute atomic E-state index is 14.6. The van der Waals surface area contributed by atoms with Gasteiger partial charge in [-0.25, -0.2) is 14.7 Å². The number of nitrogens with two attached hydrogens (primary N) is 2. The van der Waals surface area contributed by atoms with E-state index in [4.69, 9.17) is 16.9 Å². The number of fused-ring (bicyclic) bond motifs is 1. The van der Waals surface area contributed by atoms with Crippen molar-refractivity contribution in [1.82, 2.24) is 62.4 Å². The van der Waals surface area contributed by atoms with E-state index < -0.39 is 101 Å². The molecule has 2 fully saturated rings. The van der Waals surface area contributed by atoms with Crippen LogP contribution in [0.4, 0.5) is 4.79 Å². The van der Waals surface area contributed by atoms with E-state index in [0.29, 0.717) is 29.7 Å². The van der Waals surface area contributed by atoms with Crippen LogP contribution in [0.3, 0.4) is 0 Å². The van der Waals surface area contributed by atoms with Crippen LogP contribution in [0.2, 0.25) is 0 Å². The Labute approximate surface area is 443 Å². The molecule has 1 aliphatic heterocycles. The predicted molar refractivity (Wildman–Crippen MR) is 283 cm³/mol. The highest BCUT2D eigenvalue weighted by Gasteiger charge is 2.54. The Kier molecular flexibility index (Phi) is 20.1. The van der Waals surface area contributed by atoms with Gasteiger partial charge >= 0.3 is 6.03 Å². The lowest BCUT2D eigenvalue weighted by Crippen LogP contribution is -2.61. The lowest BCUT2D eigenvalue weighted by molar-refractivity contribution is -0.139. The molecule has 3 heterocycles. The first-order valence-corrected chi connectivity index (χ1v) is 25.8. The summed E-state index contributed by atoms with van der Waals surface area (Å²) in [6, 6.07) is 5.93. The number of imidazole rings is 1. The van der Waals surface area contributed by atoms with E-state index in [2.05, 4.69) is 82.7 Å². The van der Waals surface area contributed by atoms with Crippen LogP contribution in [-0.4, -0.2) is 145 Å². The van der Waals surface area contributed by atoms with Crippen LogP contribution in [0, 0.1) is 5.41 Å². The van der Waals surface area contributed by atoms with Gasteiger partial charge in [-0.3, -0.25) is 43.8 Å². The number of primary amides is 1. The fourth-order valence-corrected chi connectivity index (χ4v) is 9.68. The van der Waals surface area contributed by atoms with E-state index in [1.54, 1.807) is 36.5 Å². The first kappa shape index (κ1) is 56.7. The quantitative estimate of drug-likeness (QED) is 0.0119. The number of H-pyrrole nitrogens is 2. The molecular formula is C49H65N15O9S2. The molecule has 6 rings (SSSR count). The van der Waals surface area contributed by atoms with Gasteiger partial charge in [0, 0.05) is 66.3 Å². The molecular weight excluding hydrogens is 1010 g/mol. The number of nitrogens with zero attached hydrogens (tertiary/aromatic N) is 2. The molecule has 1 aliphatic carbocycles. The van der Waals surface area contributed by atoms with Gasteiger partial charge in [-0.15, -0.1) is 0 Å². The smallest absolute Gasteiger partial charge is 0.325 e. The minimum atomic E-state index is -1.40. The monoisotopic (exact) mass is 1070 g/mol. The highest BCUT2D eigenvalue weighted by atomic mass is 32.1. The molecule has 402 valence electrons. The highest BCUT2D eigenvalue weighted by molar-refractivity contribution is 7.80. The number of hydrogen-bond donors (Lipinski definition) is 15. The molecule has 0 unspecified atom stereocenters. The summed E-state index contributed by atoms with van der Waals surface area (Å²) in [5, 5.41) is 29.8. The third kappa shape index (κ3) is 15.0. The Hall–Kier alpha value is -7.61. The molecule has 2 aromatic heterocycles. The van der Waals surface area contributed by atoms with Crippen molar-refractivity contribution in [3.8, 4) is 0 Å². The van der Waals surface area contributed by atoms with Gasteiger partial charge in [-0.1, -0.05) is 67.8 Å². The van der Waals surface area contributed by atoms with Gasteiger partial charge in [0.1, 0.15) is 47.8 Å². The van der Waals surface area contributed by atoms with Crippen molar-refractivity contribution in [3.05, 3.63) is 90.1 Å². The summed E-state index contributed by atoms with van der Waals surface area (Å²) in [7, 11) is 0. The van der Waals surface area contributed by atoms with Gasteiger partial charge < -0.3 is 64.0 Å². The Morgan fingerprint density at radius 3 is 1.95 bits per heavy atom. The zero-order chi connectivity index (χ0) is 54.2. The summed E-state index contributed by atoms with van der Waals surface area (Å²) in [5.41, 5.74) is 12.4. The van der Waals surface area contributed by atoms with Crippen molar-refractivity contribution >= 4 is 95.4 Å². The van der Waals surface area contributed by atoms with E-state index >= 15 is 0 Å². The standard InChI is InChI=1S/C49H65N15O9S2/c1-27(57-45(71)38(25-75)64-46(72)49(63-48(64)73)16-8-3-9-17-49)40(66)59-36(21-30-23-53-26-56-30)44(70)60-34(19-28-11-4-2-5-12-28)42(68)58-33(15-10-18-54-47(51)52)41(67)61-35(43(69)62-37(24-74)39(50)65)20-29-22-55-32-14-7-6-13-31(29)32/h2,4-7,11-14,22-23,26-27,33-38,55,74-75H,3,8-10,15-21,24-25H2,1H3,(H2,50,65)(H,53,56)(H,57,71)(H,58,68)(H,59,66)(H,60,70)(H,61,67)(H,62,69)(H,63,73)(H4,51,52,54)/t27-,33+,34-,35+,36+,37+,38+/m1/s1. The average Bonchev–Trinajstić information content (AvgIpc) is 4.12. The second-order valence-corrected chi connectivity index (χ2v) is 19.3. The van der Waals surface area contributed by atoms with E-state index in [1.165, 1.54) is 19.4 Å². The number of nitrogens with one attached hydrogen (secondary N) is 11. The average molecular weight is 1070 g/mol. The van der Waals surface area contributed by atoms with E-state index in [9.17, 15) is 43.2 Å². The molecule has 10 amide bonds. The molecule has 24 nitrogen and oxygen atoms in total. The third-order valence-corrected chi connectivity index (χ3v) is 13.9. The van der Waals surface area contributed by atoms with Gasteiger partial charge in [-0.05, 0) is 49.8 Å². The molecule has 4 aromatic rings. The minimum Gasteiger partial charge on any atom is -0.370 e. The van der Waals surface area contributed by atoms with Crippen LogP contribution in [0.1, 0.15) is 68.7 Å². The van der Waals surface area contributed by atoms with Crippen LogP contribution in [-0.2, 0) is 57.6 Å².